The molecule has 1 aromatic rings. The van der Waals surface area contributed by atoms with Crippen LogP contribution in [0.3, 0.4) is 0 Å². The lowest BCUT2D eigenvalue weighted by molar-refractivity contribution is -0.119. The van der Waals surface area contributed by atoms with Gasteiger partial charge in [0.15, 0.2) is 0 Å². The molecule has 0 heterocycles. The van der Waals surface area contributed by atoms with E-state index in [9.17, 15) is 15.0 Å². The molecule has 0 radical (unpaired) electrons. The number of carbonyl (C=O) groups is 1. The van der Waals surface area contributed by atoms with Gasteiger partial charge in [0.05, 0.1) is 12.8 Å². The number of aliphatic hydroxyl groups excluding tert-OH is 2. The molecule has 6 nitrogen and oxygen atoms in total. The molecule has 100 valence electrons. The Morgan fingerprint density at radius 1 is 1.50 bits per heavy atom. The van der Waals surface area contributed by atoms with Gasteiger partial charge in [-0.3, -0.25) is 4.79 Å². The van der Waals surface area contributed by atoms with Crippen molar-refractivity contribution in [2.24, 2.45) is 0 Å². The normalized spacial score (nSPS) is 13.8. The Kier molecular flexibility index (Phi) is 4.94. The van der Waals surface area contributed by atoms with E-state index in [2.05, 4.69) is 5.32 Å². The van der Waals surface area contributed by atoms with E-state index in [4.69, 9.17) is 10.5 Å². The number of rotatable bonds is 5. The minimum atomic E-state index is -1.12. The highest BCUT2D eigenvalue weighted by molar-refractivity contribution is 5.72. The van der Waals surface area contributed by atoms with Gasteiger partial charge in [-0.1, -0.05) is 6.07 Å². The van der Waals surface area contributed by atoms with E-state index in [1.807, 2.05) is 0 Å². The molecule has 0 spiro atoms. The van der Waals surface area contributed by atoms with Crippen LogP contribution in [0.25, 0.3) is 0 Å². The topological polar surface area (TPSA) is 105 Å². The largest absolute Gasteiger partial charge is 0.495 e. The van der Waals surface area contributed by atoms with Gasteiger partial charge in [0.25, 0.3) is 0 Å². The lowest BCUT2D eigenvalue weighted by atomic mass is 10.0. The van der Waals surface area contributed by atoms with Gasteiger partial charge in [0, 0.05) is 13.5 Å². The second kappa shape index (κ2) is 6.23. The van der Waals surface area contributed by atoms with E-state index >= 15 is 0 Å². The highest BCUT2D eigenvalue weighted by atomic mass is 16.5. The first-order chi connectivity index (χ1) is 8.45. The first-order valence-corrected chi connectivity index (χ1v) is 5.49. The van der Waals surface area contributed by atoms with Crippen molar-refractivity contribution in [2.45, 2.75) is 19.1 Å². The predicted molar refractivity (Wildman–Crippen MR) is 67.1 cm³/mol. The lowest BCUT2D eigenvalue weighted by Crippen LogP contribution is -2.34. The molecule has 1 amide bonds. The number of carbonyl (C=O) groups excluding carboxylic acids is 1. The van der Waals surface area contributed by atoms with Crippen molar-refractivity contribution in [3.05, 3.63) is 23.8 Å². The Balaban J connectivity index is 2.76. The van der Waals surface area contributed by atoms with Crippen LogP contribution in [0.5, 0.6) is 5.75 Å². The van der Waals surface area contributed by atoms with E-state index < -0.39 is 12.2 Å². The van der Waals surface area contributed by atoms with Gasteiger partial charge in [0.1, 0.15) is 18.0 Å². The van der Waals surface area contributed by atoms with Gasteiger partial charge in [-0.2, -0.15) is 0 Å². The molecule has 1 rings (SSSR count). The van der Waals surface area contributed by atoms with Crippen molar-refractivity contribution in [2.75, 3.05) is 19.4 Å². The molecule has 0 aliphatic heterocycles. The van der Waals surface area contributed by atoms with Gasteiger partial charge >= 0.3 is 0 Å². The van der Waals surface area contributed by atoms with E-state index in [0.717, 1.165) is 0 Å². The van der Waals surface area contributed by atoms with Crippen molar-refractivity contribution < 1.29 is 19.7 Å². The van der Waals surface area contributed by atoms with Crippen LogP contribution in [0.2, 0.25) is 0 Å². The summed E-state index contributed by atoms with van der Waals surface area (Å²) in [4.78, 5) is 10.7. The van der Waals surface area contributed by atoms with Crippen molar-refractivity contribution in [1.29, 1.82) is 0 Å². The monoisotopic (exact) mass is 254 g/mol. The highest BCUT2D eigenvalue weighted by Crippen LogP contribution is 2.26. The minimum Gasteiger partial charge on any atom is -0.495 e. The molecule has 0 aliphatic carbocycles. The molecule has 0 bridgehead atoms. The summed E-state index contributed by atoms with van der Waals surface area (Å²) in [5.74, 6) is 0.161. The van der Waals surface area contributed by atoms with Gasteiger partial charge in [-0.15, -0.1) is 0 Å². The summed E-state index contributed by atoms with van der Waals surface area (Å²) in [6, 6.07) is 4.74. The van der Waals surface area contributed by atoms with Crippen molar-refractivity contribution in [1.82, 2.24) is 5.32 Å². The number of aliphatic hydroxyl groups is 2. The maximum atomic E-state index is 10.7. The Morgan fingerprint density at radius 3 is 2.72 bits per heavy atom. The van der Waals surface area contributed by atoms with Crippen LogP contribution >= 0.6 is 0 Å². The van der Waals surface area contributed by atoms with Crippen LogP contribution in [-0.2, 0) is 4.79 Å². The molecule has 2 atom stereocenters. The molecule has 6 heteroatoms. The van der Waals surface area contributed by atoms with Crippen molar-refractivity contribution >= 4 is 11.6 Å². The first-order valence-electron chi connectivity index (χ1n) is 5.49. The third kappa shape index (κ3) is 3.61. The number of amides is 1. The Labute approximate surface area is 105 Å². The van der Waals surface area contributed by atoms with Gasteiger partial charge in [0.2, 0.25) is 5.91 Å². The maximum Gasteiger partial charge on any atom is 0.216 e. The number of methoxy groups -OCH3 is 1. The number of hydrogen-bond acceptors (Lipinski definition) is 5. The van der Waals surface area contributed by atoms with Crippen LogP contribution < -0.4 is 15.8 Å². The molecule has 1 aromatic carbocycles. The number of benzene rings is 1. The molecular weight excluding hydrogens is 236 g/mol. The Hall–Kier alpha value is -1.79. The van der Waals surface area contributed by atoms with Crippen molar-refractivity contribution in [3.63, 3.8) is 0 Å². The number of anilines is 1. The summed E-state index contributed by atoms with van der Waals surface area (Å²) < 4.78 is 5.03. The third-order valence-corrected chi connectivity index (χ3v) is 2.52. The van der Waals surface area contributed by atoms with Crippen LogP contribution in [-0.4, -0.2) is 35.9 Å². The zero-order chi connectivity index (χ0) is 13.7. The second-order valence-electron chi connectivity index (χ2n) is 3.95. The molecule has 0 saturated carbocycles. The highest BCUT2D eigenvalue weighted by Gasteiger charge is 2.19. The fraction of sp³-hybridized carbons (Fsp3) is 0.417. The lowest BCUT2D eigenvalue weighted by Gasteiger charge is -2.19. The predicted octanol–water partition coefficient (Wildman–Crippen LogP) is -0.192. The number of nitrogens with one attached hydrogen (secondary N) is 1. The molecule has 2 unspecified atom stereocenters. The zero-order valence-corrected chi connectivity index (χ0v) is 10.4. The molecule has 18 heavy (non-hydrogen) atoms. The SMILES string of the molecule is COc1cc(C(O)C(O)CNC(C)=O)ccc1N. The van der Waals surface area contributed by atoms with E-state index in [1.165, 1.54) is 14.0 Å². The Bertz CT molecular complexity index is 423. The van der Waals surface area contributed by atoms with Crippen LogP contribution in [0, 0.1) is 0 Å². The summed E-state index contributed by atoms with van der Waals surface area (Å²) in [5.41, 5.74) is 6.57. The summed E-state index contributed by atoms with van der Waals surface area (Å²) in [7, 11) is 1.47. The summed E-state index contributed by atoms with van der Waals surface area (Å²) in [5, 5.41) is 22.1. The smallest absolute Gasteiger partial charge is 0.216 e. The average Bonchev–Trinajstić information content (AvgIpc) is 2.35. The first kappa shape index (κ1) is 14.3. The molecule has 0 aliphatic rings. The van der Waals surface area contributed by atoms with Crippen molar-refractivity contribution in [3.8, 4) is 5.75 Å². The summed E-state index contributed by atoms with van der Waals surface area (Å²) in [6.07, 6.45) is -2.21. The second-order valence-corrected chi connectivity index (χ2v) is 3.95. The minimum absolute atomic E-state index is 0.0246. The van der Waals surface area contributed by atoms with Gasteiger partial charge < -0.3 is 26.0 Å². The summed E-state index contributed by atoms with van der Waals surface area (Å²) >= 11 is 0. The molecule has 0 fully saturated rings. The quantitative estimate of drug-likeness (QED) is 0.545. The summed E-state index contributed by atoms with van der Waals surface area (Å²) in [6.45, 7) is 1.31. The van der Waals surface area contributed by atoms with Crippen LogP contribution in [0.15, 0.2) is 18.2 Å². The fourth-order valence-electron chi connectivity index (χ4n) is 1.49. The number of nitrogen functional groups attached to an aromatic ring is 1. The van der Waals surface area contributed by atoms with Gasteiger partial charge in [-0.05, 0) is 17.7 Å². The van der Waals surface area contributed by atoms with Crippen LogP contribution in [0.1, 0.15) is 18.6 Å². The molecule has 5 N–H and O–H groups in total. The number of ether oxygens (including phenoxy) is 1. The Morgan fingerprint density at radius 2 is 2.17 bits per heavy atom. The fourth-order valence-corrected chi connectivity index (χ4v) is 1.49. The zero-order valence-electron chi connectivity index (χ0n) is 10.4. The molecular formula is C12H18N2O4. The average molecular weight is 254 g/mol. The van der Waals surface area contributed by atoms with E-state index in [1.54, 1.807) is 18.2 Å². The number of nitrogens with two attached hydrogens (primary N) is 1. The van der Waals surface area contributed by atoms with E-state index in [-0.39, 0.29) is 12.5 Å². The van der Waals surface area contributed by atoms with E-state index in [0.29, 0.717) is 17.0 Å². The maximum absolute atomic E-state index is 10.7. The third-order valence-electron chi connectivity index (χ3n) is 2.52. The standard InChI is InChI=1S/C12H18N2O4/c1-7(15)14-6-10(16)12(17)8-3-4-9(13)11(5-8)18-2/h3-5,10,12,16-17H,6,13H2,1-2H3,(H,14,15). The van der Waals surface area contributed by atoms with Gasteiger partial charge in [-0.25, -0.2) is 0 Å². The number of hydrogen-bond donors (Lipinski definition) is 4. The molecule has 0 saturated heterocycles. The molecule has 0 aromatic heterocycles. The van der Waals surface area contributed by atoms with Crippen LogP contribution in [0.4, 0.5) is 5.69 Å².